The first-order valence-corrected chi connectivity index (χ1v) is 12.2. The molecule has 2 aliphatic heterocycles. The molecule has 0 bridgehead atoms. The Hall–Kier alpha value is -2.00. The van der Waals surface area contributed by atoms with E-state index in [1.54, 1.807) is 29.2 Å². The topological polar surface area (TPSA) is 74.1 Å². The molecule has 0 spiro atoms. The van der Waals surface area contributed by atoms with Crippen molar-refractivity contribution in [2.24, 2.45) is 0 Å². The maximum Gasteiger partial charge on any atom is 0.295 e. The van der Waals surface area contributed by atoms with E-state index in [1.807, 2.05) is 24.3 Å². The highest BCUT2D eigenvalue weighted by atomic mass is 79.9. The molecule has 2 aromatic rings. The Morgan fingerprint density at radius 1 is 1.06 bits per heavy atom. The van der Waals surface area contributed by atoms with E-state index >= 15 is 0 Å². The van der Waals surface area contributed by atoms with Crippen LogP contribution in [0.4, 0.5) is 0 Å². The largest absolute Gasteiger partial charge is 0.872 e. The van der Waals surface area contributed by atoms with Crippen LogP contribution in [0.3, 0.4) is 0 Å². The number of carbonyl (C=O) groups is 2. The lowest BCUT2D eigenvalue weighted by molar-refractivity contribution is -0.908. The number of Topliss-reactive ketones (excluding diaryl/α,β-unsaturated/α-hetero) is 1. The van der Waals surface area contributed by atoms with E-state index < -0.39 is 23.5 Å². The Bertz CT molecular complexity index is 1030. The molecule has 2 fully saturated rings. The zero-order chi connectivity index (χ0) is 22.7. The molecule has 2 saturated heterocycles. The average Bonchev–Trinajstić information content (AvgIpc) is 3.05. The van der Waals surface area contributed by atoms with Crippen LogP contribution in [-0.2, 0) is 14.3 Å². The first-order valence-electron chi connectivity index (χ1n) is 10.6. The van der Waals surface area contributed by atoms with Gasteiger partial charge in [0, 0.05) is 27.5 Å². The van der Waals surface area contributed by atoms with Crippen LogP contribution >= 0.6 is 31.9 Å². The van der Waals surface area contributed by atoms with Gasteiger partial charge in [-0.2, -0.15) is 0 Å². The highest BCUT2D eigenvalue weighted by Crippen LogP contribution is 2.39. The van der Waals surface area contributed by atoms with Gasteiger partial charge in [0.2, 0.25) is 5.78 Å². The molecule has 8 heteroatoms. The van der Waals surface area contributed by atoms with Crippen molar-refractivity contribution in [2.45, 2.75) is 12.5 Å². The summed E-state index contributed by atoms with van der Waals surface area (Å²) in [4.78, 5) is 29.1. The fourth-order valence-electron chi connectivity index (χ4n) is 4.29. The lowest BCUT2D eigenvalue weighted by Crippen LogP contribution is -3.14. The van der Waals surface area contributed by atoms with Crippen LogP contribution in [0.25, 0.3) is 5.76 Å². The van der Waals surface area contributed by atoms with Crippen LogP contribution in [0.2, 0.25) is 0 Å². The zero-order valence-electron chi connectivity index (χ0n) is 17.5. The molecule has 32 heavy (non-hydrogen) atoms. The number of quaternary nitrogens is 1. The van der Waals surface area contributed by atoms with Gasteiger partial charge in [0.15, 0.2) is 0 Å². The van der Waals surface area contributed by atoms with Crippen molar-refractivity contribution < 1.29 is 24.3 Å². The minimum absolute atomic E-state index is 0.0224. The third-order valence-corrected chi connectivity index (χ3v) is 6.95. The highest BCUT2D eigenvalue weighted by Gasteiger charge is 2.44. The first kappa shape index (κ1) is 23.2. The van der Waals surface area contributed by atoms with Crippen LogP contribution in [0.15, 0.2) is 63.0 Å². The summed E-state index contributed by atoms with van der Waals surface area (Å²) < 4.78 is 7.07. The smallest absolute Gasteiger partial charge is 0.295 e. The van der Waals surface area contributed by atoms with Crippen LogP contribution < -0.4 is 10.0 Å². The number of nitrogens with one attached hydrogen (secondary N) is 1. The van der Waals surface area contributed by atoms with Crippen molar-refractivity contribution in [3.05, 3.63) is 74.2 Å². The fourth-order valence-corrected chi connectivity index (χ4v) is 4.97. The van der Waals surface area contributed by atoms with E-state index in [9.17, 15) is 14.7 Å². The van der Waals surface area contributed by atoms with Crippen LogP contribution in [0.1, 0.15) is 23.6 Å². The van der Waals surface area contributed by atoms with Crippen molar-refractivity contribution in [3.63, 3.8) is 0 Å². The summed E-state index contributed by atoms with van der Waals surface area (Å²) in [5, 5.41) is 13.4. The maximum atomic E-state index is 13.4. The molecule has 1 amide bonds. The van der Waals surface area contributed by atoms with Gasteiger partial charge in [-0.05, 0) is 35.4 Å². The van der Waals surface area contributed by atoms with Crippen LogP contribution in [-0.4, -0.2) is 56.0 Å². The van der Waals surface area contributed by atoms with Gasteiger partial charge in [-0.3, -0.25) is 9.59 Å². The Morgan fingerprint density at radius 3 is 2.47 bits per heavy atom. The second-order valence-corrected chi connectivity index (χ2v) is 9.83. The normalized spacial score (nSPS) is 21.3. The van der Waals surface area contributed by atoms with Gasteiger partial charge in [-0.1, -0.05) is 61.9 Å². The third-order valence-electron chi connectivity index (χ3n) is 5.93. The average molecular weight is 564 g/mol. The van der Waals surface area contributed by atoms with Crippen LogP contribution in [0.5, 0.6) is 0 Å². The van der Waals surface area contributed by atoms with Gasteiger partial charge >= 0.3 is 0 Å². The molecule has 1 unspecified atom stereocenters. The second kappa shape index (κ2) is 10.3. The Labute approximate surface area is 204 Å². The molecule has 1 N–H and O–H groups in total. The van der Waals surface area contributed by atoms with Crippen molar-refractivity contribution >= 4 is 49.3 Å². The number of amides is 1. The van der Waals surface area contributed by atoms with E-state index in [0.29, 0.717) is 12.1 Å². The number of ketones is 1. The molecule has 0 aromatic heterocycles. The summed E-state index contributed by atoms with van der Waals surface area (Å²) in [5.41, 5.74) is 1.16. The van der Waals surface area contributed by atoms with E-state index in [4.69, 9.17) is 4.74 Å². The maximum absolute atomic E-state index is 13.4. The number of benzene rings is 2. The monoisotopic (exact) mass is 562 g/mol. The number of rotatable bonds is 6. The number of likely N-dealkylation sites (tertiary alicyclic amines) is 1. The standard InChI is InChI=1S/C24H24Br2N2O4/c25-18-7-5-16(6-8-18)22(29)20-21(17-3-1-4-19(26)15-17)28(24(31)23(20)30)10-2-9-27-11-13-32-14-12-27/h1,3-8,15,21,29H,2,9-14H2/b22-20+. The van der Waals surface area contributed by atoms with Gasteiger partial charge in [-0.15, -0.1) is 0 Å². The summed E-state index contributed by atoms with van der Waals surface area (Å²) in [6, 6.07) is 13.6. The fraction of sp³-hybridized carbons (Fsp3) is 0.333. The molecule has 1 atom stereocenters. The number of morpholine rings is 1. The van der Waals surface area contributed by atoms with Crippen molar-refractivity contribution in [2.75, 3.05) is 39.4 Å². The minimum atomic E-state index is -0.707. The SMILES string of the molecule is O=C1C(=O)N(CCC[NH+]2CCOCC2)C(c2cccc(Br)c2)/C1=C(\[O-])c1ccc(Br)cc1. The molecular weight excluding hydrogens is 540 g/mol. The van der Waals surface area contributed by atoms with Crippen molar-refractivity contribution in [1.82, 2.24) is 4.90 Å². The van der Waals surface area contributed by atoms with Crippen molar-refractivity contribution in [1.29, 1.82) is 0 Å². The number of ether oxygens (including phenoxy) is 1. The molecule has 168 valence electrons. The molecule has 0 radical (unpaired) electrons. The van der Waals surface area contributed by atoms with E-state index in [1.165, 1.54) is 4.90 Å². The first-order chi connectivity index (χ1) is 15.5. The number of nitrogens with zero attached hydrogens (tertiary/aromatic N) is 1. The molecule has 0 aliphatic carbocycles. The Balaban J connectivity index is 1.67. The number of hydrogen-bond donors (Lipinski definition) is 1. The van der Waals surface area contributed by atoms with E-state index in [-0.39, 0.29) is 5.57 Å². The lowest BCUT2D eigenvalue weighted by Gasteiger charge is -2.29. The lowest BCUT2D eigenvalue weighted by atomic mass is 9.95. The zero-order valence-corrected chi connectivity index (χ0v) is 20.7. The van der Waals surface area contributed by atoms with Gasteiger partial charge in [-0.25, -0.2) is 0 Å². The molecule has 2 aliphatic rings. The van der Waals surface area contributed by atoms with Gasteiger partial charge in [0.25, 0.3) is 5.91 Å². The molecule has 0 saturated carbocycles. The minimum Gasteiger partial charge on any atom is -0.872 e. The van der Waals surface area contributed by atoms with E-state index in [2.05, 4.69) is 31.9 Å². The highest BCUT2D eigenvalue weighted by molar-refractivity contribution is 9.10. The van der Waals surface area contributed by atoms with E-state index in [0.717, 1.165) is 53.8 Å². The Kier molecular flexibility index (Phi) is 7.45. The van der Waals surface area contributed by atoms with Gasteiger partial charge < -0.3 is 19.6 Å². The summed E-state index contributed by atoms with van der Waals surface area (Å²) in [5.74, 6) is -1.71. The third kappa shape index (κ3) is 4.98. The summed E-state index contributed by atoms with van der Waals surface area (Å²) >= 11 is 6.84. The predicted molar refractivity (Wildman–Crippen MR) is 126 cm³/mol. The summed E-state index contributed by atoms with van der Waals surface area (Å²) in [6.45, 7) is 4.70. The predicted octanol–water partition coefficient (Wildman–Crippen LogP) is 1.74. The number of halogens is 2. The van der Waals surface area contributed by atoms with Crippen LogP contribution in [0, 0.1) is 0 Å². The molecular formula is C24H24Br2N2O4. The number of hydrogen-bond acceptors (Lipinski definition) is 4. The number of carbonyl (C=O) groups excluding carboxylic acids is 2. The summed E-state index contributed by atoms with van der Waals surface area (Å²) in [7, 11) is 0. The Morgan fingerprint density at radius 2 is 1.78 bits per heavy atom. The molecule has 6 nitrogen and oxygen atoms in total. The van der Waals surface area contributed by atoms with Crippen molar-refractivity contribution in [3.8, 4) is 0 Å². The molecule has 4 rings (SSSR count). The molecule has 2 heterocycles. The summed E-state index contributed by atoms with van der Waals surface area (Å²) in [6.07, 6.45) is 0.749. The second-order valence-electron chi connectivity index (χ2n) is 8.00. The molecule has 2 aromatic carbocycles. The quantitative estimate of drug-likeness (QED) is 0.330. The van der Waals surface area contributed by atoms with Gasteiger partial charge in [0.05, 0.1) is 25.8 Å². The van der Waals surface area contributed by atoms with Gasteiger partial charge in [0.1, 0.15) is 13.1 Å².